The van der Waals surface area contributed by atoms with Crippen LogP contribution in [-0.4, -0.2) is 48.9 Å². The molecule has 4 heterocycles. The summed E-state index contributed by atoms with van der Waals surface area (Å²) in [5, 5.41) is 4.52. The van der Waals surface area contributed by atoms with Crippen LogP contribution in [0.5, 0.6) is 0 Å². The highest BCUT2D eigenvalue weighted by atomic mass is 19.1. The van der Waals surface area contributed by atoms with Crippen molar-refractivity contribution < 1.29 is 13.5 Å². The topological polar surface area (TPSA) is 81.9 Å². The Morgan fingerprint density at radius 1 is 1.08 bits per heavy atom. The first-order chi connectivity index (χ1) is 17.9. The summed E-state index contributed by atoms with van der Waals surface area (Å²) >= 11 is 0. The molecular weight excluding hydrogens is 476 g/mol. The number of hydrogen-bond donors (Lipinski definition) is 0. The van der Waals surface area contributed by atoms with Crippen LogP contribution in [0.4, 0.5) is 14.7 Å². The zero-order valence-corrected chi connectivity index (χ0v) is 21.2. The van der Waals surface area contributed by atoms with Gasteiger partial charge in [0.25, 0.3) is 0 Å². The number of morpholine rings is 1. The summed E-state index contributed by atoms with van der Waals surface area (Å²) in [6.45, 7) is 7.05. The molecule has 2 aliphatic rings. The predicted octanol–water partition coefficient (Wildman–Crippen LogP) is 5.12. The van der Waals surface area contributed by atoms with E-state index in [1.54, 1.807) is 0 Å². The van der Waals surface area contributed by atoms with Crippen LogP contribution in [0, 0.1) is 18.6 Å². The van der Waals surface area contributed by atoms with E-state index in [0.717, 1.165) is 48.7 Å². The minimum atomic E-state index is -0.703. The number of aromatic nitrogens is 6. The van der Waals surface area contributed by atoms with Gasteiger partial charge in [0.1, 0.15) is 28.9 Å². The van der Waals surface area contributed by atoms with Crippen LogP contribution in [0.25, 0.3) is 22.4 Å². The first-order valence-corrected chi connectivity index (χ1v) is 12.8. The smallest absolute Gasteiger partial charge is 0.228 e. The molecule has 4 aromatic rings. The fraction of sp³-hybridized carbons (Fsp3) is 0.444. The van der Waals surface area contributed by atoms with Crippen LogP contribution >= 0.6 is 0 Å². The van der Waals surface area contributed by atoms with E-state index in [1.807, 2.05) is 29.6 Å². The van der Waals surface area contributed by atoms with Gasteiger partial charge in [-0.05, 0) is 45.2 Å². The van der Waals surface area contributed by atoms with Crippen LogP contribution < -0.4 is 4.90 Å². The van der Waals surface area contributed by atoms with Gasteiger partial charge in [-0.3, -0.25) is 4.68 Å². The summed E-state index contributed by atoms with van der Waals surface area (Å²) < 4.78 is 37.0. The number of rotatable bonds is 6. The Morgan fingerprint density at radius 3 is 2.68 bits per heavy atom. The molecule has 1 aromatic carbocycles. The average molecular weight is 506 g/mol. The predicted molar refractivity (Wildman–Crippen MR) is 135 cm³/mol. The third-order valence-electron chi connectivity index (χ3n) is 6.92. The van der Waals surface area contributed by atoms with Crippen LogP contribution in [0.2, 0.25) is 0 Å². The van der Waals surface area contributed by atoms with E-state index in [9.17, 15) is 8.78 Å². The summed E-state index contributed by atoms with van der Waals surface area (Å²) in [5.74, 6) is -0.936. The Balaban J connectivity index is 1.44. The number of fused-ring (bicyclic) bond motifs is 1. The SMILES string of the molecule is CCCc1nc2c(-c3ccc(F)cc3F)nc(N3CC(C)OC(c4cnn(C5CC5)c4)C3)nc2nc1C. The lowest BCUT2D eigenvalue weighted by atomic mass is 10.1. The zero-order chi connectivity index (χ0) is 25.7. The lowest BCUT2D eigenvalue weighted by molar-refractivity contribution is -0.0178. The second-order valence-electron chi connectivity index (χ2n) is 10.00. The molecule has 3 aromatic heterocycles. The first kappa shape index (κ1) is 23.8. The van der Waals surface area contributed by atoms with Crippen molar-refractivity contribution in [3.63, 3.8) is 0 Å². The van der Waals surface area contributed by atoms with Gasteiger partial charge in [-0.15, -0.1) is 0 Å². The van der Waals surface area contributed by atoms with Crippen LogP contribution in [0.15, 0.2) is 30.6 Å². The highest BCUT2D eigenvalue weighted by Crippen LogP contribution is 2.36. The van der Waals surface area contributed by atoms with Crippen molar-refractivity contribution in [2.45, 2.75) is 64.7 Å². The number of hydrogen-bond acceptors (Lipinski definition) is 7. The van der Waals surface area contributed by atoms with Gasteiger partial charge >= 0.3 is 0 Å². The van der Waals surface area contributed by atoms with Crippen molar-refractivity contribution in [1.29, 1.82) is 0 Å². The van der Waals surface area contributed by atoms with Crippen LogP contribution in [-0.2, 0) is 11.2 Å². The molecule has 8 nitrogen and oxygen atoms in total. The average Bonchev–Trinajstić information content (AvgIpc) is 3.60. The van der Waals surface area contributed by atoms with Crippen molar-refractivity contribution in [3.8, 4) is 11.3 Å². The molecule has 2 unspecified atom stereocenters. The standard InChI is InChI=1S/C27H29F2N7O/c1-4-5-22-16(3)31-26-25(32-22)24(20-9-6-18(28)10-21(20)29)33-27(34-26)35-12-15(2)37-23(14-35)17-11-30-36(13-17)19-7-8-19/h6,9-11,13,15,19,23H,4-5,7-8,12,14H2,1-3H3. The summed E-state index contributed by atoms with van der Waals surface area (Å²) in [6, 6.07) is 3.98. The normalized spacial score (nSPS) is 20.1. The van der Waals surface area contributed by atoms with Crippen molar-refractivity contribution in [2.24, 2.45) is 0 Å². The highest BCUT2D eigenvalue weighted by molar-refractivity contribution is 5.88. The molecule has 6 rings (SSSR count). The lowest BCUT2D eigenvalue weighted by Gasteiger charge is -2.36. The number of anilines is 1. The van der Waals surface area contributed by atoms with Gasteiger partial charge in [-0.2, -0.15) is 10.1 Å². The van der Waals surface area contributed by atoms with Crippen molar-refractivity contribution in [2.75, 3.05) is 18.0 Å². The van der Waals surface area contributed by atoms with Crippen molar-refractivity contribution >= 4 is 17.1 Å². The third-order valence-corrected chi connectivity index (χ3v) is 6.92. The Hall–Kier alpha value is -3.53. The first-order valence-electron chi connectivity index (χ1n) is 12.8. The maximum Gasteiger partial charge on any atom is 0.228 e. The number of halogens is 2. The van der Waals surface area contributed by atoms with E-state index in [4.69, 9.17) is 24.7 Å². The molecule has 1 aliphatic heterocycles. The molecule has 192 valence electrons. The Bertz CT molecular complexity index is 1470. The molecule has 0 spiro atoms. The maximum atomic E-state index is 15.0. The summed E-state index contributed by atoms with van der Waals surface area (Å²) in [4.78, 5) is 21.1. The number of ether oxygens (including phenoxy) is 1. The molecule has 10 heteroatoms. The van der Waals surface area contributed by atoms with Crippen LogP contribution in [0.3, 0.4) is 0 Å². The van der Waals surface area contributed by atoms with Gasteiger partial charge < -0.3 is 9.64 Å². The Kier molecular flexibility index (Phi) is 6.06. The summed E-state index contributed by atoms with van der Waals surface area (Å²) in [6.07, 6.45) is 7.57. The van der Waals surface area contributed by atoms with Crippen molar-refractivity contribution in [3.05, 3.63) is 59.2 Å². The molecule has 2 atom stereocenters. The van der Waals surface area contributed by atoms with Gasteiger partial charge in [-0.1, -0.05) is 13.3 Å². The van der Waals surface area contributed by atoms with E-state index in [1.165, 1.54) is 12.1 Å². The Morgan fingerprint density at radius 2 is 1.92 bits per heavy atom. The molecule has 1 saturated heterocycles. The van der Waals surface area contributed by atoms with Crippen LogP contribution in [0.1, 0.15) is 62.2 Å². The van der Waals surface area contributed by atoms with Gasteiger partial charge in [0, 0.05) is 29.9 Å². The molecule has 0 amide bonds. The van der Waals surface area contributed by atoms with Gasteiger partial charge in [0.15, 0.2) is 5.65 Å². The Labute approximate surface area is 213 Å². The number of aryl methyl sites for hydroxylation is 2. The maximum absolute atomic E-state index is 15.0. The minimum absolute atomic E-state index is 0.0897. The van der Waals surface area contributed by atoms with Gasteiger partial charge in [0.2, 0.25) is 5.95 Å². The van der Waals surface area contributed by atoms with E-state index in [2.05, 4.69) is 18.2 Å². The molecule has 0 N–H and O–H groups in total. The zero-order valence-electron chi connectivity index (χ0n) is 21.2. The minimum Gasteiger partial charge on any atom is -0.367 e. The molecule has 0 radical (unpaired) electrons. The second-order valence-corrected chi connectivity index (χ2v) is 10.00. The molecule has 0 bridgehead atoms. The molecule has 37 heavy (non-hydrogen) atoms. The number of benzene rings is 1. The van der Waals surface area contributed by atoms with E-state index in [0.29, 0.717) is 41.9 Å². The molecule has 1 aliphatic carbocycles. The third kappa shape index (κ3) is 4.66. The summed E-state index contributed by atoms with van der Waals surface area (Å²) in [7, 11) is 0. The summed E-state index contributed by atoms with van der Waals surface area (Å²) in [5.41, 5.74) is 3.88. The quantitative estimate of drug-likeness (QED) is 0.360. The lowest BCUT2D eigenvalue weighted by Crippen LogP contribution is -2.43. The van der Waals surface area contributed by atoms with Crippen molar-refractivity contribution in [1.82, 2.24) is 29.7 Å². The number of nitrogens with zero attached hydrogens (tertiary/aromatic N) is 7. The molecular formula is C27H29F2N7O. The van der Waals surface area contributed by atoms with E-state index < -0.39 is 11.6 Å². The fourth-order valence-electron chi connectivity index (χ4n) is 4.89. The van der Waals surface area contributed by atoms with E-state index >= 15 is 0 Å². The second kappa shape index (κ2) is 9.41. The molecule has 1 saturated carbocycles. The van der Waals surface area contributed by atoms with Gasteiger partial charge in [0.05, 0.1) is 36.3 Å². The van der Waals surface area contributed by atoms with E-state index in [-0.39, 0.29) is 17.8 Å². The monoisotopic (exact) mass is 505 g/mol. The molecule has 2 fully saturated rings. The highest BCUT2D eigenvalue weighted by Gasteiger charge is 2.32. The van der Waals surface area contributed by atoms with Gasteiger partial charge in [-0.25, -0.2) is 23.7 Å². The largest absolute Gasteiger partial charge is 0.367 e. The fourth-order valence-corrected chi connectivity index (χ4v) is 4.89.